The van der Waals surface area contributed by atoms with Crippen molar-refractivity contribution in [3.8, 4) is 11.8 Å². The molecule has 0 heterocycles. The lowest BCUT2D eigenvalue weighted by atomic mass is 9.92. The maximum absolute atomic E-state index is 13.1. The van der Waals surface area contributed by atoms with Crippen LogP contribution in [0, 0.1) is 11.8 Å². The van der Waals surface area contributed by atoms with Crippen molar-refractivity contribution >= 4 is 11.8 Å². The van der Waals surface area contributed by atoms with Crippen molar-refractivity contribution in [2.24, 2.45) is 21.9 Å². The van der Waals surface area contributed by atoms with Crippen LogP contribution in [0.2, 0.25) is 0 Å². The second kappa shape index (κ2) is 9.95. The Morgan fingerprint density at radius 3 is 2.48 bits per heavy atom. The van der Waals surface area contributed by atoms with E-state index in [-0.39, 0.29) is 5.56 Å². The fraction of sp³-hybridized carbons (Fsp3) is 0.250. The van der Waals surface area contributed by atoms with Crippen molar-refractivity contribution in [3.63, 3.8) is 0 Å². The van der Waals surface area contributed by atoms with Crippen LogP contribution in [0.15, 0.2) is 46.9 Å². The molecule has 1 aromatic rings. The van der Waals surface area contributed by atoms with Crippen molar-refractivity contribution in [1.29, 1.82) is 0 Å². The predicted molar refractivity (Wildman–Crippen MR) is 91.3 cm³/mol. The highest BCUT2D eigenvalue weighted by molar-refractivity contribution is 5.98. The number of carbonyl (C=O) groups is 2. The van der Waals surface area contributed by atoms with Gasteiger partial charge in [0.2, 0.25) is 0 Å². The molecule has 27 heavy (non-hydrogen) atoms. The lowest BCUT2D eigenvalue weighted by molar-refractivity contribution is -0.134. The highest BCUT2D eigenvalue weighted by Crippen LogP contribution is 2.18. The Morgan fingerprint density at radius 1 is 1.33 bits per heavy atom. The van der Waals surface area contributed by atoms with E-state index in [1.807, 2.05) is 0 Å². The fourth-order valence-electron chi connectivity index (χ4n) is 1.85. The third-order valence-electron chi connectivity index (χ3n) is 3.39. The van der Waals surface area contributed by atoms with Gasteiger partial charge in [0.05, 0.1) is 6.20 Å². The summed E-state index contributed by atoms with van der Waals surface area (Å²) in [6, 6.07) is 3.92. The van der Waals surface area contributed by atoms with E-state index in [1.54, 1.807) is 0 Å². The van der Waals surface area contributed by atoms with Gasteiger partial charge in [-0.2, -0.15) is 0 Å². The van der Waals surface area contributed by atoms with Crippen molar-refractivity contribution < 1.29 is 23.6 Å². The Bertz CT molecular complexity index is 782. The molecule has 144 valence electrons. The highest BCUT2D eigenvalue weighted by atomic mass is 19.3. The molecule has 0 aliphatic heterocycles. The van der Waals surface area contributed by atoms with Crippen molar-refractivity contribution in [3.05, 3.63) is 47.7 Å². The first-order valence-corrected chi connectivity index (χ1v) is 7.42. The second-order valence-electron chi connectivity index (χ2n) is 5.44. The van der Waals surface area contributed by atoms with Crippen LogP contribution in [0.5, 0.6) is 0 Å². The van der Waals surface area contributed by atoms with Crippen LogP contribution in [0.25, 0.3) is 0 Å². The van der Waals surface area contributed by atoms with Crippen LogP contribution in [-0.4, -0.2) is 35.0 Å². The number of hydroxylamine groups is 1. The minimum atomic E-state index is -3.13. The molecule has 0 bridgehead atoms. The number of allylic oxidation sites excluding steroid dienone is 1. The summed E-state index contributed by atoms with van der Waals surface area (Å²) in [6.07, 6.45) is -0.445. The van der Waals surface area contributed by atoms with E-state index in [0.29, 0.717) is 5.56 Å². The molecule has 0 aliphatic rings. The molecule has 0 spiro atoms. The summed E-state index contributed by atoms with van der Waals surface area (Å²) in [5.41, 5.74) is 4.89. The smallest absolute Gasteiger partial charge is 0.268 e. The quantitative estimate of drug-likeness (QED) is 0.159. The number of benzene rings is 1. The Kier molecular flexibility index (Phi) is 7.99. The molecular formula is C16H18F2N6O3. The zero-order valence-electron chi connectivity index (χ0n) is 14.2. The summed E-state index contributed by atoms with van der Waals surface area (Å²) in [6.45, 7) is 0.883. The van der Waals surface area contributed by atoms with E-state index in [4.69, 9.17) is 16.8 Å². The molecular weight excluding hydrogens is 362 g/mol. The molecule has 0 radical (unpaired) electrons. The van der Waals surface area contributed by atoms with Crippen molar-refractivity contribution in [2.45, 2.75) is 24.9 Å². The lowest BCUT2D eigenvalue weighted by Gasteiger charge is -2.32. The number of carbonyl (C=O) groups excluding carboxylic acids is 2. The standard InChI is InChI=1S/C16H18F2N6O3/c1-16(19,15(17)18)12(14(26)23-27)22-13(25)11-7-5-10(6-8-11)4-2-3-9-21-24-20/h3,5-9,12,15,27H,19H2,1H3,(H2,20,21)(H,22,25)(H,23,26)/b9-3+/t12-,16?/m1/s1. The fourth-order valence-corrected chi connectivity index (χ4v) is 1.85. The molecule has 0 aromatic heterocycles. The van der Waals surface area contributed by atoms with Gasteiger partial charge < -0.3 is 16.9 Å². The van der Waals surface area contributed by atoms with Gasteiger partial charge in [-0.15, -0.1) is 5.11 Å². The van der Waals surface area contributed by atoms with Gasteiger partial charge in [-0.25, -0.2) is 14.3 Å². The molecule has 1 aromatic carbocycles. The molecule has 0 fully saturated rings. The molecule has 2 amide bonds. The van der Waals surface area contributed by atoms with Crippen LogP contribution in [0.3, 0.4) is 0 Å². The molecule has 2 atom stereocenters. The average Bonchev–Trinajstić information content (AvgIpc) is 2.65. The number of nitrogens with two attached hydrogens (primary N) is 2. The van der Waals surface area contributed by atoms with E-state index < -0.39 is 29.8 Å². The summed E-state index contributed by atoms with van der Waals surface area (Å²) in [7, 11) is 0. The van der Waals surface area contributed by atoms with Gasteiger partial charge >= 0.3 is 0 Å². The van der Waals surface area contributed by atoms with E-state index in [2.05, 4.69) is 27.5 Å². The Balaban J connectivity index is 2.93. The maximum atomic E-state index is 13.1. The molecule has 1 unspecified atom stereocenters. The maximum Gasteiger partial charge on any atom is 0.268 e. The molecule has 0 saturated heterocycles. The van der Waals surface area contributed by atoms with Gasteiger partial charge in [-0.05, 0) is 31.2 Å². The third-order valence-corrected chi connectivity index (χ3v) is 3.39. The monoisotopic (exact) mass is 380 g/mol. The van der Waals surface area contributed by atoms with Gasteiger partial charge in [-0.3, -0.25) is 14.8 Å². The lowest BCUT2D eigenvalue weighted by Crippen LogP contribution is -2.66. The van der Waals surface area contributed by atoms with E-state index in [0.717, 1.165) is 6.92 Å². The first-order chi connectivity index (χ1) is 12.7. The summed E-state index contributed by atoms with van der Waals surface area (Å²) < 4.78 is 26.2. The van der Waals surface area contributed by atoms with Crippen LogP contribution < -0.4 is 22.4 Å². The number of hydrogen-bond acceptors (Lipinski definition) is 6. The van der Waals surface area contributed by atoms with Crippen LogP contribution in [0.1, 0.15) is 22.8 Å². The SMILES string of the molecule is CC(N)(C(F)F)[C@H](NC(=O)c1ccc(C#C/C=C/N=NN)cc1)C(=O)NO. The number of halogens is 2. The third kappa shape index (κ3) is 6.14. The minimum Gasteiger partial charge on any atom is -0.338 e. The zero-order valence-corrected chi connectivity index (χ0v) is 14.2. The summed E-state index contributed by atoms with van der Waals surface area (Å²) >= 11 is 0. The number of hydrogen-bond donors (Lipinski definition) is 5. The number of amides is 2. The van der Waals surface area contributed by atoms with Crippen molar-refractivity contribution in [1.82, 2.24) is 10.8 Å². The number of nitrogens with zero attached hydrogens (tertiary/aromatic N) is 2. The molecule has 1 rings (SSSR count). The Hall–Kier alpha value is -3.36. The minimum absolute atomic E-state index is 0.0776. The van der Waals surface area contributed by atoms with Gasteiger partial charge in [0.1, 0.15) is 11.6 Å². The van der Waals surface area contributed by atoms with Gasteiger partial charge in [0.15, 0.2) is 0 Å². The number of alkyl halides is 2. The molecule has 11 heteroatoms. The largest absolute Gasteiger partial charge is 0.338 e. The first-order valence-electron chi connectivity index (χ1n) is 7.42. The average molecular weight is 380 g/mol. The number of rotatable bonds is 6. The van der Waals surface area contributed by atoms with Crippen LogP contribution >= 0.6 is 0 Å². The summed E-state index contributed by atoms with van der Waals surface area (Å²) in [5, 5.41) is 17.2. The highest BCUT2D eigenvalue weighted by Gasteiger charge is 2.44. The van der Waals surface area contributed by atoms with Crippen LogP contribution in [-0.2, 0) is 4.79 Å². The van der Waals surface area contributed by atoms with Gasteiger partial charge in [-0.1, -0.05) is 17.1 Å². The van der Waals surface area contributed by atoms with Crippen molar-refractivity contribution in [2.75, 3.05) is 0 Å². The Labute approximate surface area is 153 Å². The van der Waals surface area contributed by atoms with Gasteiger partial charge in [0.25, 0.3) is 18.2 Å². The van der Waals surface area contributed by atoms with E-state index >= 15 is 0 Å². The number of nitrogens with one attached hydrogen (secondary N) is 2. The summed E-state index contributed by atoms with van der Waals surface area (Å²) in [4.78, 5) is 23.9. The van der Waals surface area contributed by atoms with E-state index in [1.165, 1.54) is 42.0 Å². The molecule has 9 nitrogen and oxygen atoms in total. The first kappa shape index (κ1) is 21.7. The van der Waals surface area contributed by atoms with Crippen LogP contribution in [0.4, 0.5) is 8.78 Å². The zero-order chi connectivity index (χ0) is 20.4. The molecule has 0 saturated carbocycles. The normalized spacial score (nSPS) is 14.4. The van der Waals surface area contributed by atoms with Gasteiger partial charge in [0, 0.05) is 17.2 Å². The second-order valence-corrected chi connectivity index (χ2v) is 5.44. The summed E-state index contributed by atoms with van der Waals surface area (Å²) in [5.74, 6) is 8.11. The van der Waals surface area contributed by atoms with E-state index in [9.17, 15) is 18.4 Å². The Morgan fingerprint density at radius 2 is 1.96 bits per heavy atom. The molecule has 0 aliphatic carbocycles. The topological polar surface area (TPSA) is 155 Å². The molecule has 7 N–H and O–H groups in total. The predicted octanol–water partition coefficient (Wildman–Crippen LogP) is 0.464.